The van der Waals surface area contributed by atoms with Gasteiger partial charge in [-0.1, -0.05) is 19.1 Å². The normalized spacial score (nSPS) is 11.8. The number of ether oxygens (including phenoxy) is 1. The summed E-state index contributed by atoms with van der Waals surface area (Å²) >= 11 is 0. The number of sulfonamides is 1. The molecule has 0 aliphatic heterocycles. The van der Waals surface area contributed by atoms with Crippen molar-refractivity contribution in [1.29, 1.82) is 0 Å². The zero-order valence-corrected chi connectivity index (χ0v) is 14.3. The third kappa shape index (κ3) is 7.31. The first-order valence-electron chi connectivity index (χ1n) is 7.17. The molecule has 0 radical (unpaired) electrons. The van der Waals surface area contributed by atoms with Crippen LogP contribution >= 0.6 is 0 Å². The van der Waals surface area contributed by atoms with Crippen LogP contribution in [0.2, 0.25) is 0 Å². The zero-order chi connectivity index (χ0) is 16.8. The lowest BCUT2D eigenvalue weighted by atomic mass is 10.2. The molecule has 7 heteroatoms. The smallest absolute Gasteiger partial charge is 0.407 e. The van der Waals surface area contributed by atoms with E-state index in [-0.39, 0.29) is 5.75 Å². The third-order valence-corrected chi connectivity index (χ3v) is 4.03. The number of hydrogen-bond donors (Lipinski definition) is 2. The van der Waals surface area contributed by atoms with Crippen LogP contribution in [0.5, 0.6) is 0 Å². The molecule has 6 nitrogen and oxygen atoms in total. The molecule has 0 aliphatic rings. The van der Waals surface area contributed by atoms with E-state index in [0.717, 1.165) is 5.56 Å². The minimum absolute atomic E-state index is 0.0922. The highest BCUT2D eigenvalue weighted by atomic mass is 32.2. The van der Waals surface area contributed by atoms with Crippen LogP contribution in [0.4, 0.5) is 10.5 Å². The van der Waals surface area contributed by atoms with Crippen LogP contribution in [0.25, 0.3) is 0 Å². The number of amides is 1. The Hall–Kier alpha value is -1.76. The summed E-state index contributed by atoms with van der Waals surface area (Å²) in [6, 6.07) is 6.83. The van der Waals surface area contributed by atoms with Gasteiger partial charge in [-0.2, -0.15) is 0 Å². The van der Waals surface area contributed by atoms with Crippen LogP contribution in [0, 0.1) is 0 Å². The molecule has 124 valence electrons. The topological polar surface area (TPSA) is 84.5 Å². The van der Waals surface area contributed by atoms with Gasteiger partial charge < -0.3 is 10.1 Å². The maximum atomic E-state index is 11.6. The second kappa shape index (κ2) is 7.49. The molecule has 0 heterocycles. The Morgan fingerprint density at radius 1 is 1.18 bits per heavy atom. The van der Waals surface area contributed by atoms with E-state index in [0.29, 0.717) is 18.7 Å². The number of carbonyl (C=O) groups excluding carboxylic acids is 1. The van der Waals surface area contributed by atoms with Crippen molar-refractivity contribution >= 4 is 21.8 Å². The van der Waals surface area contributed by atoms with Crippen molar-refractivity contribution in [3.8, 4) is 0 Å². The van der Waals surface area contributed by atoms with E-state index in [1.165, 1.54) is 0 Å². The Morgan fingerprint density at radius 3 is 2.27 bits per heavy atom. The lowest BCUT2D eigenvalue weighted by molar-refractivity contribution is 0.0523. The average Bonchev–Trinajstić information content (AvgIpc) is 2.35. The van der Waals surface area contributed by atoms with E-state index in [4.69, 9.17) is 4.74 Å². The monoisotopic (exact) mass is 328 g/mol. The van der Waals surface area contributed by atoms with Crippen molar-refractivity contribution in [3.63, 3.8) is 0 Å². The predicted octanol–water partition coefficient (Wildman–Crippen LogP) is 2.86. The highest BCUT2D eigenvalue weighted by Crippen LogP contribution is 2.12. The summed E-state index contributed by atoms with van der Waals surface area (Å²) in [5.41, 5.74) is 0.824. The molecule has 1 aromatic carbocycles. The number of anilines is 1. The zero-order valence-electron chi connectivity index (χ0n) is 13.5. The van der Waals surface area contributed by atoms with Crippen molar-refractivity contribution in [1.82, 2.24) is 5.32 Å². The van der Waals surface area contributed by atoms with Crippen LogP contribution in [0.3, 0.4) is 0 Å². The largest absolute Gasteiger partial charge is 0.444 e. The van der Waals surface area contributed by atoms with E-state index < -0.39 is 21.7 Å². The first-order chi connectivity index (χ1) is 10.1. The minimum atomic E-state index is -3.28. The lowest BCUT2D eigenvalue weighted by Crippen LogP contribution is -2.32. The van der Waals surface area contributed by atoms with Crippen molar-refractivity contribution in [2.24, 2.45) is 0 Å². The molecule has 0 atom stereocenters. The van der Waals surface area contributed by atoms with Crippen LogP contribution in [0.1, 0.15) is 39.7 Å². The fraction of sp³-hybridized carbons (Fsp3) is 0.533. The molecule has 0 unspecified atom stereocenters. The number of nitrogens with one attached hydrogen (secondary N) is 2. The van der Waals surface area contributed by atoms with Gasteiger partial charge in [-0.3, -0.25) is 4.72 Å². The summed E-state index contributed by atoms with van der Waals surface area (Å²) in [5.74, 6) is 0.0922. The first-order valence-corrected chi connectivity index (χ1v) is 8.83. The van der Waals surface area contributed by atoms with Crippen molar-refractivity contribution in [3.05, 3.63) is 29.8 Å². The van der Waals surface area contributed by atoms with Gasteiger partial charge in [0.15, 0.2) is 0 Å². The van der Waals surface area contributed by atoms with Crippen molar-refractivity contribution in [2.75, 3.05) is 10.5 Å². The highest BCUT2D eigenvalue weighted by Gasteiger charge is 2.15. The molecule has 2 N–H and O–H groups in total. The fourth-order valence-corrected chi connectivity index (χ4v) is 2.81. The molecule has 0 aliphatic carbocycles. The maximum Gasteiger partial charge on any atom is 0.407 e. The molecule has 0 saturated heterocycles. The standard InChI is InChI=1S/C15H24N2O4S/c1-5-10-22(19,20)17-13-8-6-12(7-9-13)11-16-14(18)21-15(2,3)4/h6-9,17H,5,10-11H2,1-4H3,(H,16,18). The molecular weight excluding hydrogens is 304 g/mol. The van der Waals surface area contributed by atoms with Gasteiger partial charge in [0.05, 0.1) is 5.75 Å². The van der Waals surface area contributed by atoms with Gasteiger partial charge in [0.1, 0.15) is 5.60 Å². The molecule has 0 saturated carbocycles. The van der Waals surface area contributed by atoms with Gasteiger partial charge >= 0.3 is 6.09 Å². The summed E-state index contributed by atoms with van der Waals surface area (Å²) in [7, 11) is -3.28. The summed E-state index contributed by atoms with van der Waals surface area (Å²) < 4.78 is 30.9. The van der Waals surface area contributed by atoms with Crippen LogP contribution < -0.4 is 10.0 Å². The Balaban J connectivity index is 2.54. The second-order valence-electron chi connectivity index (χ2n) is 5.97. The Morgan fingerprint density at radius 2 is 1.77 bits per heavy atom. The highest BCUT2D eigenvalue weighted by molar-refractivity contribution is 7.92. The van der Waals surface area contributed by atoms with Gasteiger partial charge in [0, 0.05) is 12.2 Å². The van der Waals surface area contributed by atoms with E-state index >= 15 is 0 Å². The SMILES string of the molecule is CCCS(=O)(=O)Nc1ccc(CNC(=O)OC(C)(C)C)cc1. The predicted molar refractivity (Wildman–Crippen MR) is 87.2 cm³/mol. The number of benzene rings is 1. The molecule has 1 aromatic rings. The molecule has 0 aromatic heterocycles. The Bertz CT molecular complexity index is 589. The van der Waals surface area contributed by atoms with Gasteiger partial charge in [-0.15, -0.1) is 0 Å². The molecule has 22 heavy (non-hydrogen) atoms. The number of alkyl carbamates (subject to hydrolysis) is 1. The van der Waals surface area contributed by atoms with Gasteiger partial charge in [-0.25, -0.2) is 13.2 Å². The molecule has 0 spiro atoms. The molecular formula is C15H24N2O4S. The number of hydrogen-bond acceptors (Lipinski definition) is 4. The third-order valence-electron chi connectivity index (χ3n) is 2.54. The van der Waals surface area contributed by atoms with Crippen LogP contribution in [-0.2, 0) is 21.3 Å². The van der Waals surface area contributed by atoms with E-state index in [1.807, 2.05) is 6.92 Å². The quantitative estimate of drug-likeness (QED) is 0.841. The summed E-state index contributed by atoms with van der Waals surface area (Å²) in [6.45, 7) is 7.51. The van der Waals surface area contributed by atoms with Crippen LogP contribution in [0.15, 0.2) is 24.3 Å². The van der Waals surface area contributed by atoms with E-state index in [9.17, 15) is 13.2 Å². The molecule has 0 bridgehead atoms. The molecule has 0 fully saturated rings. The van der Waals surface area contributed by atoms with Crippen LogP contribution in [-0.4, -0.2) is 25.9 Å². The average molecular weight is 328 g/mol. The van der Waals surface area contributed by atoms with Gasteiger partial charge in [-0.05, 0) is 44.9 Å². The maximum absolute atomic E-state index is 11.6. The van der Waals surface area contributed by atoms with Crippen molar-refractivity contribution in [2.45, 2.75) is 46.3 Å². The summed E-state index contributed by atoms with van der Waals surface area (Å²) in [6.07, 6.45) is 0.0768. The number of carbonyl (C=O) groups is 1. The van der Waals surface area contributed by atoms with Crippen molar-refractivity contribution < 1.29 is 17.9 Å². The second-order valence-corrected chi connectivity index (χ2v) is 7.82. The van der Waals surface area contributed by atoms with E-state index in [2.05, 4.69) is 10.0 Å². The Labute approximate surface area is 132 Å². The lowest BCUT2D eigenvalue weighted by Gasteiger charge is -2.19. The first kappa shape index (κ1) is 18.3. The van der Waals surface area contributed by atoms with E-state index in [1.54, 1.807) is 45.0 Å². The summed E-state index contributed by atoms with van der Waals surface area (Å²) in [4.78, 5) is 11.5. The minimum Gasteiger partial charge on any atom is -0.444 e. The number of rotatable bonds is 6. The fourth-order valence-electron chi connectivity index (χ4n) is 1.68. The molecule has 1 amide bonds. The molecule has 1 rings (SSSR count). The van der Waals surface area contributed by atoms with Gasteiger partial charge in [0.25, 0.3) is 0 Å². The van der Waals surface area contributed by atoms with Gasteiger partial charge in [0.2, 0.25) is 10.0 Å². The Kier molecular flexibility index (Phi) is 6.22. The summed E-state index contributed by atoms with van der Waals surface area (Å²) in [5, 5.41) is 2.64.